The number of rotatable bonds is 5. The average Bonchev–Trinajstić information content (AvgIpc) is 2.17. The van der Waals surface area contributed by atoms with Crippen LogP contribution in [0.4, 0.5) is 0 Å². The van der Waals surface area contributed by atoms with E-state index in [4.69, 9.17) is 17.0 Å². The van der Waals surface area contributed by atoms with Gasteiger partial charge in [0.25, 0.3) is 5.56 Å². The molecule has 0 saturated heterocycles. The van der Waals surface area contributed by atoms with Crippen molar-refractivity contribution < 1.29 is 4.74 Å². The summed E-state index contributed by atoms with van der Waals surface area (Å²) in [6.45, 7) is 2.71. The number of aromatic nitrogens is 2. The summed E-state index contributed by atoms with van der Waals surface area (Å²) in [6, 6.07) is 1.68. The smallest absolute Gasteiger partial charge is 0.251 e. The van der Waals surface area contributed by atoms with Gasteiger partial charge in [-0.25, -0.2) is 0 Å². The molecular formula is C10H16N2O2S. The number of hydrogen-bond donors (Lipinski definition) is 1. The Morgan fingerprint density at radius 1 is 1.67 bits per heavy atom. The van der Waals surface area contributed by atoms with E-state index in [-0.39, 0.29) is 11.6 Å². The second-order valence-electron chi connectivity index (χ2n) is 3.42. The maximum Gasteiger partial charge on any atom is 0.251 e. The maximum atomic E-state index is 11.0. The van der Waals surface area contributed by atoms with Crippen LogP contribution in [0.25, 0.3) is 0 Å². The van der Waals surface area contributed by atoms with Crippen molar-refractivity contribution in [3.8, 4) is 0 Å². The number of H-pyrrole nitrogens is 1. The van der Waals surface area contributed by atoms with E-state index >= 15 is 0 Å². The molecule has 15 heavy (non-hydrogen) atoms. The lowest BCUT2D eigenvalue weighted by atomic mass is 10.2. The van der Waals surface area contributed by atoms with Crippen molar-refractivity contribution in [3.63, 3.8) is 0 Å². The number of nitrogens with one attached hydrogen (secondary N) is 1. The molecule has 0 aliphatic carbocycles. The Hall–Kier alpha value is -0.940. The zero-order valence-corrected chi connectivity index (χ0v) is 9.84. The zero-order valence-electron chi connectivity index (χ0n) is 9.03. The van der Waals surface area contributed by atoms with E-state index in [0.717, 1.165) is 12.8 Å². The first-order valence-electron chi connectivity index (χ1n) is 4.99. The first kappa shape index (κ1) is 12.1. The second kappa shape index (κ2) is 5.82. The molecule has 0 aliphatic rings. The molecule has 0 amide bonds. The minimum Gasteiger partial charge on any atom is -0.383 e. The fourth-order valence-electron chi connectivity index (χ4n) is 1.54. The molecule has 1 aromatic rings. The van der Waals surface area contributed by atoms with Gasteiger partial charge < -0.3 is 9.30 Å². The second-order valence-corrected chi connectivity index (χ2v) is 3.80. The van der Waals surface area contributed by atoms with Gasteiger partial charge in [0.2, 0.25) is 0 Å². The van der Waals surface area contributed by atoms with Gasteiger partial charge in [-0.15, -0.1) is 0 Å². The minimum atomic E-state index is -0.163. The number of hydrogen-bond acceptors (Lipinski definition) is 3. The molecule has 0 spiro atoms. The van der Waals surface area contributed by atoms with Crippen molar-refractivity contribution in [3.05, 3.63) is 27.4 Å². The predicted octanol–water partition coefficient (Wildman–Crippen LogP) is 1.89. The molecule has 1 atom stereocenters. The Morgan fingerprint density at radius 3 is 2.93 bits per heavy atom. The van der Waals surface area contributed by atoms with Crippen molar-refractivity contribution in [2.75, 3.05) is 13.7 Å². The summed E-state index contributed by atoms with van der Waals surface area (Å²) in [5, 5.41) is 0. The summed E-state index contributed by atoms with van der Waals surface area (Å²) in [5.74, 6) is 0. The molecular weight excluding hydrogens is 212 g/mol. The Kier molecular flexibility index (Phi) is 4.71. The lowest BCUT2D eigenvalue weighted by Gasteiger charge is -2.18. The SMILES string of the molecule is CCCC(COC)n1ccc(=O)[nH]c1=S. The zero-order chi connectivity index (χ0) is 11.3. The summed E-state index contributed by atoms with van der Waals surface area (Å²) in [4.78, 5) is 13.6. The van der Waals surface area contributed by atoms with Gasteiger partial charge in [0.05, 0.1) is 12.6 Å². The molecule has 0 bridgehead atoms. The van der Waals surface area contributed by atoms with E-state index in [1.54, 1.807) is 13.3 Å². The number of nitrogens with zero attached hydrogens (tertiary/aromatic N) is 1. The highest BCUT2D eigenvalue weighted by Crippen LogP contribution is 2.13. The van der Waals surface area contributed by atoms with Gasteiger partial charge >= 0.3 is 0 Å². The molecule has 5 heteroatoms. The summed E-state index contributed by atoms with van der Waals surface area (Å²) < 4.78 is 7.47. The van der Waals surface area contributed by atoms with Crippen molar-refractivity contribution in [2.24, 2.45) is 0 Å². The largest absolute Gasteiger partial charge is 0.383 e. The maximum absolute atomic E-state index is 11.0. The van der Waals surface area contributed by atoms with E-state index in [9.17, 15) is 4.79 Å². The van der Waals surface area contributed by atoms with Crippen molar-refractivity contribution in [1.29, 1.82) is 0 Å². The van der Waals surface area contributed by atoms with Gasteiger partial charge in [-0.05, 0) is 18.6 Å². The fourth-order valence-corrected chi connectivity index (χ4v) is 1.85. The van der Waals surface area contributed by atoms with Crippen LogP contribution >= 0.6 is 12.2 Å². The van der Waals surface area contributed by atoms with Crippen LogP contribution in [-0.2, 0) is 4.74 Å². The van der Waals surface area contributed by atoms with Crippen molar-refractivity contribution >= 4 is 12.2 Å². The Labute approximate surface area is 93.9 Å². The first-order chi connectivity index (χ1) is 7.19. The number of ether oxygens (including phenoxy) is 1. The van der Waals surface area contributed by atoms with Crippen LogP contribution in [0.2, 0.25) is 0 Å². The van der Waals surface area contributed by atoms with Crippen LogP contribution in [0, 0.1) is 4.77 Å². The van der Waals surface area contributed by atoms with E-state index < -0.39 is 0 Å². The summed E-state index contributed by atoms with van der Waals surface area (Å²) in [6.07, 6.45) is 3.75. The van der Waals surface area contributed by atoms with E-state index in [2.05, 4.69) is 11.9 Å². The van der Waals surface area contributed by atoms with E-state index in [0.29, 0.717) is 11.4 Å². The van der Waals surface area contributed by atoms with Gasteiger partial charge in [0.15, 0.2) is 4.77 Å². The van der Waals surface area contributed by atoms with Crippen LogP contribution in [0.15, 0.2) is 17.1 Å². The van der Waals surface area contributed by atoms with Crippen LogP contribution < -0.4 is 5.56 Å². The van der Waals surface area contributed by atoms with Gasteiger partial charge in [-0.2, -0.15) is 0 Å². The third-order valence-electron chi connectivity index (χ3n) is 2.23. The topological polar surface area (TPSA) is 47.0 Å². The summed E-state index contributed by atoms with van der Waals surface area (Å²) in [5.41, 5.74) is -0.163. The van der Waals surface area contributed by atoms with Gasteiger partial charge in [0.1, 0.15) is 0 Å². The Balaban J connectivity index is 3.00. The highest BCUT2D eigenvalue weighted by molar-refractivity contribution is 7.71. The molecule has 0 aromatic carbocycles. The van der Waals surface area contributed by atoms with Crippen molar-refractivity contribution in [1.82, 2.24) is 9.55 Å². The third-order valence-corrected chi connectivity index (χ3v) is 2.54. The van der Waals surface area contributed by atoms with Crippen LogP contribution in [0.1, 0.15) is 25.8 Å². The number of aromatic amines is 1. The molecule has 4 nitrogen and oxygen atoms in total. The van der Waals surface area contributed by atoms with E-state index in [1.165, 1.54) is 6.07 Å². The van der Waals surface area contributed by atoms with Crippen LogP contribution in [0.5, 0.6) is 0 Å². The minimum absolute atomic E-state index is 0.163. The Bertz CT molecular complexity index is 404. The molecule has 1 unspecified atom stereocenters. The third kappa shape index (κ3) is 3.28. The lowest BCUT2D eigenvalue weighted by molar-refractivity contribution is 0.149. The van der Waals surface area contributed by atoms with Gasteiger partial charge in [0, 0.05) is 19.4 Å². The molecule has 1 rings (SSSR count). The molecule has 0 fully saturated rings. The highest BCUT2D eigenvalue weighted by Gasteiger charge is 2.09. The quantitative estimate of drug-likeness (QED) is 0.783. The normalized spacial score (nSPS) is 12.7. The van der Waals surface area contributed by atoms with Crippen LogP contribution in [-0.4, -0.2) is 23.3 Å². The molecule has 84 valence electrons. The monoisotopic (exact) mass is 228 g/mol. The first-order valence-corrected chi connectivity index (χ1v) is 5.40. The van der Waals surface area contributed by atoms with Gasteiger partial charge in [-0.1, -0.05) is 13.3 Å². The lowest BCUT2D eigenvalue weighted by Crippen LogP contribution is -2.19. The van der Waals surface area contributed by atoms with E-state index in [1.807, 2.05) is 4.57 Å². The molecule has 0 aliphatic heterocycles. The molecule has 1 aromatic heterocycles. The highest BCUT2D eigenvalue weighted by atomic mass is 32.1. The van der Waals surface area contributed by atoms with Crippen LogP contribution in [0.3, 0.4) is 0 Å². The summed E-state index contributed by atoms with van der Waals surface area (Å²) >= 11 is 5.10. The molecule has 0 saturated carbocycles. The molecule has 1 N–H and O–H groups in total. The Morgan fingerprint density at radius 2 is 2.40 bits per heavy atom. The number of methoxy groups -OCH3 is 1. The fraction of sp³-hybridized carbons (Fsp3) is 0.600. The standard InChI is InChI=1S/C10H16N2O2S/c1-3-4-8(7-14-2)12-6-5-9(13)11-10(12)15/h5-6,8H,3-4,7H2,1-2H3,(H,11,13,15). The van der Waals surface area contributed by atoms with Crippen molar-refractivity contribution in [2.45, 2.75) is 25.8 Å². The predicted molar refractivity (Wildman–Crippen MR) is 61.7 cm³/mol. The summed E-state index contributed by atoms with van der Waals surface area (Å²) in [7, 11) is 1.66. The molecule has 0 radical (unpaired) electrons. The van der Waals surface area contributed by atoms with Gasteiger partial charge in [-0.3, -0.25) is 9.78 Å². The average molecular weight is 228 g/mol. The molecule has 1 heterocycles.